The highest BCUT2D eigenvalue weighted by Crippen LogP contribution is 2.59. The van der Waals surface area contributed by atoms with Crippen molar-refractivity contribution in [1.82, 2.24) is 4.90 Å². The molecule has 3 rings (SSSR count). The molecule has 1 aliphatic carbocycles. The molecule has 0 fully saturated rings. The van der Waals surface area contributed by atoms with Crippen LogP contribution in [0.5, 0.6) is 0 Å². The quantitative estimate of drug-likeness (QED) is 0.608. The first-order valence-electron chi connectivity index (χ1n) is 10.2. The fourth-order valence-corrected chi connectivity index (χ4v) is 5.27. The zero-order chi connectivity index (χ0) is 22.1. The Morgan fingerprint density at radius 1 is 1.30 bits per heavy atom. The molecule has 0 aromatic heterocycles. The van der Waals surface area contributed by atoms with Gasteiger partial charge in [0.05, 0.1) is 24.8 Å². The van der Waals surface area contributed by atoms with Crippen LogP contribution in [-0.4, -0.2) is 37.6 Å². The topological polar surface area (TPSA) is 103 Å². The van der Waals surface area contributed by atoms with Gasteiger partial charge in [0.1, 0.15) is 0 Å². The van der Waals surface area contributed by atoms with E-state index in [1.165, 1.54) is 7.11 Å². The summed E-state index contributed by atoms with van der Waals surface area (Å²) in [5, 5.41) is 20.1. The van der Waals surface area contributed by atoms with Crippen molar-refractivity contribution in [3.8, 4) is 12.1 Å². The Morgan fingerprint density at radius 3 is 2.47 bits per heavy atom. The molecular weight excluding hydrogens is 376 g/mol. The lowest BCUT2D eigenvalue weighted by molar-refractivity contribution is 0.0600. The van der Waals surface area contributed by atoms with E-state index in [-0.39, 0.29) is 11.9 Å². The maximum Gasteiger partial charge on any atom is 0.337 e. The monoisotopic (exact) mass is 404 g/mol. The van der Waals surface area contributed by atoms with Gasteiger partial charge in [0.25, 0.3) is 0 Å². The van der Waals surface area contributed by atoms with Gasteiger partial charge in [0.2, 0.25) is 5.41 Å². The third-order valence-electron chi connectivity index (χ3n) is 6.56. The van der Waals surface area contributed by atoms with Gasteiger partial charge in [-0.1, -0.05) is 32.1 Å². The highest BCUT2D eigenvalue weighted by molar-refractivity contribution is 5.89. The summed E-state index contributed by atoms with van der Waals surface area (Å²) >= 11 is 0. The van der Waals surface area contributed by atoms with Crippen molar-refractivity contribution >= 4 is 5.97 Å². The summed E-state index contributed by atoms with van der Waals surface area (Å²) in [4.78, 5) is 14.2. The third kappa shape index (κ3) is 3.09. The van der Waals surface area contributed by atoms with Crippen LogP contribution in [0, 0.1) is 33.5 Å². The molecule has 0 amide bonds. The molecule has 0 bridgehead atoms. The van der Waals surface area contributed by atoms with Crippen molar-refractivity contribution < 1.29 is 9.53 Å². The first-order valence-corrected chi connectivity index (χ1v) is 10.2. The fourth-order valence-electron chi connectivity index (χ4n) is 5.27. The Morgan fingerprint density at radius 2 is 1.93 bits per heavy atom. The van der Waals surface area contributed by atoms with Crippen LogP contribution in [0.1, 0.15) is 49.0 Å². The maximum atomic E-state index is 11.8. The van der Waals surface area contributed by atoms with Crippen LogP contribution in [-0.2, 0) is 4.74 Å². The van der Waals surface area contributed by atoms with Crippen LogP contribution in [0.2, 0.25) is 0 Å². The van der Waals surface area contributed by atoms with Crippen LogP contribution in [0.25, 0.3) is 0 Å². The van der Waals surface area contributed by atoms with Crippen LogP contribution in [0.4, 0.5) is 0 Å². The van der Waals surface area contributed by atoms with Gasteiger partial charge in [-0.25, -0.2) is 4.79 Å². The number of ether oxygens (including phenoxy) is 1. The second kappa shape index (κ2) is 7.97. The molecule has 2 aliphatic rings. The lowest BCUT2D eigenvalue weighted by Gasteiger charge is -2.53. The van der Waals surface area contributed by atoms with E-state index in [2.05, 4.69) is 30.9 Å². The van der Waals surface area contributed by atoms with E-state index in [0.29, 0.717) is 17.8 Å². The largest absolute Gasteiger partial charge is 0.465 e. The molecule has 0 spiro atoms. The minimum atomic E-state index is -1.44. The second-order valence-corrected chi connectivity index (χ2v) is 8.39. The Balaban J connectivity index is 2.21. The van der Waals surface area contributed by atoms with Crippen molar-refractivity contribution in [2.45, 2.75) is 33.1 Å². The number of fused-ring (bicyclic) bond motifs is 1. The molecule has 6 heteroatoms. The summed E-state index contributed by atoms with van der Waals surface area (Å²) in [6.07, 6.45) is 3.05. The van der Waals surface area contributed by atoms with Crippen LogP contribution in [0.3, 0.4) is 0 Å². The predicted octanol–water partition coefficient (Wildman–Crippen LogP) is 3.49. The first kappa shape index (κ1) is 21.6. The Bertz CT molecular complexity index is 980. The average molecular weight is 405 g/mol. The molecular formula is C24H28N4O2. The molecule has 30 heavy (non-hydrogen) atoms. The number of hydrogen-bond donors (Lipinski definition) is 1. The average Bonchev–Trinajstić information content (AvgIpc) is 2.75. The molecule has 6 nitrogen and oxygen atoms in total. The van der Waals surface area contributed by atoms with E-state index >= 15 is 0 Å². The molecule has 1 heterocycles. The zero-order valence-electron chi connectivity index (χ0n) is 18.0. The number of nitrogens with zero attached hydrogens (tertiary/aromatic N) is 3. The highest BCUT2D eigenvalue weighted by Gasteiger charge is 2.57. The van der Waals surface area contributed by atoms with Crippen molar-refractivity contribution in [3.63, 3.8) is 0 Å². The van der Waals surface area contributed by atoms with Crippen molar-refractivity contribution in [1.29, 1.82) is 10.5 Å². The number of allylic oxidation sites excluding steroid dienone is 2. The van der Waals surface area contributed by atoms with Gasteiger partial charge in [-0.15, -0.1) is 0 Å². The third-order valence-corrected chi connectivity index (χ3v) is 6.56. The summed E-state index contributed by atoms with van der Waals surface area (Å²) in [7, 11) is 1.36. The molecule has 2 N–H and O–H groups in total. The van der Waals surface area contributed by atoms with Gasteiger partial charge in [-0.3, -0.25) is 4.90 Å². The Hall–Kier alpha value is -3.09. The molecule has 0 saturated heterocycles. The van der Waals surface area contributed by atoms with Gasteiger partial charge in [0.15, 0.2) is 0 Å². The zero-order valence-corrected chi connectivity index (χ0v) is 18.0. The van der Waals surface area contributed by atoms with Gasteiger partial charge in [-0.2, -0.15) is 10.5 Å². The van der Waals surface area contributed by atoms with E-state index in [4.69, 9.17) is 10.5 Å². The molecule has 0 radical (unpaired) electrons. The number of hydrogen-bond acceptors (Lipinski definition) is 6. The summed E-state index contributed by atoms with van der Waals surface area (Å²) in [5.74, 6) is -0.492. The smallest absolute Gasteiger partial charge is 0.337 e. The summed E-state index contributed by atoms with van der Waals surface area (Å²) < 4.78 is 4.81. The van der Waals surface area contributed by atoms with E-state index in [1.54, 1.807) is 12.1 Å². The molecule has 1 aromatic carbocycles. The van der Waals surface area contributed by atoms with E-state index in [0.717, 1.165) is 36.2 Å². The lowest BCUT2D eigenvalue weighted by Crippen LogP contribution is -2.53. The fraction of sp³-hybridized carbons (Fsp3) is 0.458. The summed E-state index contributed by atoms with van der Waals surface area (Å²) in [6.45, 7) is 8.55. The Labute approximate surface area is 178 Å². The predicted molar refractivity (Wildman–Crippen MR) is 114 cm³/mol. The number of carbonyl (C=O) groups excluding carboxylic acids is 1. The molecule has 0 saturated carbocycles. The van der Waals surface area contributed by atoms with Gasteiger partial charge >= 0.3 is 5.97 Å². The van der Waals surface area contributed by atoms with Crippen LogP contribution >= 0.6 is 0 Å². The molecule has 2 atom stereocenters. The normalized spacial score (nSPS) is 25.5. The highest BCUT2D eigenvalue weighted by atomic mass is 16.5. The Kier molecular flexibility index (Phi) is 5.74. The van der Waals surface area contributed by atoms with Crippen molar-refractivity contribution in [3.05, 3.63) is 58.3 Å². The van der Waals surface area contributed by atoms with Gasteiger partial charge < -0.3 is 10.5 Å². The number of rotatable bonds is 4. The van der Waals surface area contributed by atoms with E-state index in [9.17, 15) is 15.3 Å². The number of nitriles is 2. The van der Waals surface area contributed by atoms with Crippen molar-refractivity contribution in [2.24, 2.45) is 16.6 Å². The van der Waals surface area contributed by atoms with Gasteiger partial charge in [0, 0.05) is 30.1 Å². The molecule has 0 unspecified atom stereocenters. The summed E-state index contributed by atoms with van der Waals surface area (Å²) in [5.41, 5.74) is 7.98. The van der Waals surface area contributed by atoms with E-state index in [1.807, 2.05) is 25.1 Å². The standard InChI is InChI=1S/C24H28N4O2/c1-5-11-28-12-10-19-23(3,15-28)20(16(2)21(27)24(19,13-25)14-26)17-6-8-18(9-7-17)22(29)30-4/h6-10,20H,5,11-12,15,27H2,1-4H3/t20-,23-/m0/s1. The van der Waals surface area contributed by atoms with Crippen LogP contribution in [0.15, 0.2) is 47.2 Å². The minimum Gasteiger partial charge on any atom is -0.465 e. The SMILES string of the molecule is CCCN1CC=C2C(C#N)(C#N)C(N)=C(C)[C@@H](c3ccc(C(=O)OC)cc3)[C@@]2(C)C1. The van der Waals surface area contributed by atoms with E-state index < -0.39 is 10.8 Å². The number of esters is 1. The molecule has 1 aliphatic heterocycles. The maximum absolute atomic E-state index is 11.8. The molecule has 1 aromatic rings. The second-order valence-electron chi connectivity index (χ2n) is 8.39. The van der Waals surface area contributed by atoms with Crippen LogP contribution < -0.4 is 5.73 Å². The van der Waals surface area contributed by atoms with Crippen molar-refractivity contribution in [2.75, 3.05) is 26.7 Å². The first-order chi connectivity index (χ1) is 14.3. The molecule has 156 valence electrons. The number of nitrogens with two attached hydrogens (primary N) is 1. The van der Waals surface area contributed by atoms with Gasteiger partial charge in [-0.05, 0) is 48.7 Å². The lowest BCUT2D eigenvalue weighted by atomic mass is 9.52. The number of benzene rings is 1. The number of methoxy groups -OCH3 is 1. The minimum absolute atomic E-state index is 0.107. The summed E-state index contributed by atoms with van der Waals surface area (Å²) in [6, 6.07) is 11.8. The number of carbonyl (C=O) groups is 1.